The fourth-order valence-electron chi connectivity index (χ4n) is 5.71. The first-order chi connectivity index (χ1) is 24.4. The molecule has 0 aromatic rings. The van der Waals surface area contributed by atoms with Crippen molar-refractivity contribution in [1.29, 1.82) is 0 Å². The summed E-state index contributed by atoms with van der Waals surface area (Å²) < 4.78 is 5.92. The Morgan fingerprint density at radius 2 is 1.12 bits per heavy atom. The van der Waals surface area contributed by atoms with Gasteiger partial charge in [-0.3, -0.25) is 9.59 Å². The van der Waals surface area contributed by atoms with Gasteiger partial charge in [0.15, 0.2) is 0 Å². The summed E-state index contributed by atoms with van der Waals surface area (Å²) in [4.78, 5) is 36.2. The van der Waals surface area contributed by atoms with E-state index >= 15 is 0 Å². The van der Waals surface area contributed by atoms with E-state index in [0.717, 1.165) is 89.9 Å². The Hall–Kier alpha value is -2.67. The number of carbonyl (C=O) groups is 3. The van der Waals surface area contributed by atoms with Crippen LogP contribution >= 0.6 is 0 Å². The van der Waals surface area contributed by atoms with Crippen LogP contribution in [0.4, 0.5) is 0 Å². The lowest BCUT2D eigenvalue weighted by atomic mass is 10.0. The smallest absolute Gasteiger partial charge is 0.326 e. The highest BCUT2D eigenvalue weighted by molar-refractivity contribution is 5.83. The van der Waals surface area contributed by atoms with E-state index in [4.69, 9.17) is 10.5 Å². The fraction of sp³-hybridized carbons (Fsp3) is 0.744. The summed E-state index contributed by atoms with van der Waals surface area (Å²) in [5.74, 6) is -1.31. The summed E-state index contributed by atoms with van der Waals surface area (Å²) in [7, 11) is 0. The van der Waals surface area contributed by atoms with Gasteiger partial charge in [-0.2, -0.15) is 0 Å². The Balaban J connectivity index is 4.37. The van der Waals surface area contributed by atoms with Crippen LogP contribution in [0.25, 0.3) is 0 Å². The van der Waals surface area contributed by atoms with Crippen molar-refractivity contribution in [1.82, 2.24) is 5.32 Å². The van der Waals surface area contributed by atoms with Crippen LogP contribution in [-0.2, 0) is 19.1 Å². The van der Waals surface area contributed by atoms with Gasteiger partial charge in [-0.25, -0.2) is 4.79 Å². The highest BCUT2D eigenvalue weighted by atomic mass is 16.5. The minimum absolute atomic E-state index is 0.0903. The number of allylic oxidation sites excluding steroid dienone is 7. The summed E-state index contributed by atoms with van der Waals surface area (Å²) in [5, 5.41) is 11.9. The highest BCUT2D eigenvalue weighted by Gasteiger charge is 2.18. The third kappa shape index (κ3) is 33.8. The van der Waals surface area contributed by atoms with Crippen molar-refractivity contribution < 1.29 is 24.2 Å². The van der Waals surface area contributed by atoms with Gasteiger partial charge in [0.25, 0.3) is 0 Å². The predicted octanol–water partition coefficient (Wildman–Crippen LogP) is 11.2. The Morgan fingerprint density at radius 3 is 1.72 bits per heavy atom. The topological polar surface area (TPSA) is 119 Å². The molecule has 0 fully saturated rings. The van der Waals surface area contributed by atoms with Crippen LogP contribution in [-0.4, -0.2) is 41.6 Å². The molecule has 0 radical (unpaired) electrons. The summed E-state index contributed by atoms with van der Waals surface area (Å²) in [6.07, 6.45) is 44.5. The van der Waals surface area contributed by atoms with Crippen LogP contribution < -0.4 is 11.1 Å². The number of hydrogen-bond acceptors (Lipinski definition) is 5. The van der Waals surface area contributed by atoms with Crippen molar-refractivity contribution in [2.45, 2.75) is 199 Å². The minimum Gasteiger partial charge on any atom is -0.480 e. The Labute approximate surface area is 307 Å². The number of esters is 1. The van der Waals surface area contributed by atoms with Gasteiger partial charge in [-0.05, 0) is 96.1 Å². The lowest BCUT2D eigenvalue weighted by molar-refractivity contribution is -0.147. The molecule has 2 unspecified atom stereocenters. The van der Waals surface area contributed by atoms with Gasteiger partial charge < -0.3 is 20.9 Å². The predicted molar refractivity (Wildman–Crippen MR) is 211 cm³/mol. The average molecular weight is 701 g/mol. The molecular weight excluding hydrogens is 624 g/mol. The van der Waals surface area contributed by atoms with E-state index in [1.807, 2.05) is 0 Å². The Morgan fingerprint density at radius 1 is 0.600 bits per heavy atom. The average Bonchev–Trinajstić information content (AvgIpc) is 3.10. The molecule has 0 saturated heterocycles. The SMILES string of the molecule is CCCC/C=C\C/C=C\CCCCCCCC(=O)OC(/C=C\C/C=C\CCCCCC)CCCCCCCCC(=O)NC(CCCN)C(=O)O. The van der Waals surface area contributed by atoms with E-state index in [9.17, 15) is 19.5 Å². The first kappa shape index (κ1) is 47.3. The zero-order valence-corrected chi connectivity index (χ0v) is 32.2. The van der Waals surface area contributed by atoms with Crippen molar-refractivity contribution in [3.8, 4) is 0 Å². The van der Waals surface area contributed by atoms with E-state index in [1.165, 1.54) is 57.8 Å². The summed E-state index contributed by atoms with van der Waals surface area (Å²) in [6.45, 7) is 4.87. The third-order valence-electron chi connectivity index (χ3n) is 8.85. The molecule has 50 heavy (non-hydrogen) atoms. The molecule has 0 aromatic heterocycles. The van der Waals surface area contributed by atoms with E-state index in [-0.39, 0.29) is 18.0 Å². The molecule has 7 nitrogen and oxygen atoms in total. The number of nitrogens with two attached hydrogens (primary N) is 1. The molecule has 7 heteroatoms. The van der Waals surface area contributed by atoms with E-state index < -0.39 is 12.0 Å². The number of carbonyl (C=O) groups excluding carboxylic acids is 2. The molecule has 0 saturated carbocycles. The normalized spacial score (nSPS) is 13.2. The molecule has 0 aliphatic heterocycles. The van der Waals surface area contributed by atoms with Crippen LogP contribution in [0.2, 0.25) is 0 Å². The Kier molecular flexibility index (Phi) is 35.6. The monoisotopic (exact) mass is 701 g/mol. The van der Waals surface area contributed by atoms with Crippen LogP contribution in [0.5, 0.6) is 0 Å². The molecule has 0 aliphatic rings. The van der Waals surface area contributed by atoms with Gasteiger partial charge in [-0.1, -0.05) is 133 Å². The van der Waals surface area contributed by atoms with Crippen LogP contribution in [0, 0.1) is 0 Å². The molecule has 288 valence electrons. The standard InChI is InChI=1S/C43H76N2O5/c1-3-5-7-9-11-13-14-15-16-17-19-21-27-31-37-42(47)50-39(33-28-24-20-18-12-10-8-6-4-2)34-29-25-22-23-26-30-36-41(46)45-40(43(48)49)35-32-38-44/h9,11,14-15,18,20,28,33,39-40H,3-8,10,12-13,16-17,19,21-27,29-32,34-38,44H2,1-2H3,(H,45,46)(H,48,49)/b11-9-,15-14-,20-18-,33-28-. The number of carboxylic acids is 1. The molecule has 1 amide bonds. The summed E-state index contributed by atoms with van der Waals surface area (Å²) >= 11 is 0. The number of aliphatic carboxylic acids is 1. The molecule has 0 heterocycles. The van der Waals surface area contributed by atoms with Crippen LogP contribution in [0.15, 0.2) is 48.6 Å². The van der Waals surface area contributed by atoms with Crippen molar-refractivity contribution in [3.63, 3.8) is 0 Å². The number of unbranched alkanes of at least 4 members (excludes halogenated alkanes) is 16. The second-order valence-corrected chi connectivity index (χ2v) is 13.7. The number of ether oxygens (including phenoxy) is 1. The van der Waals surface area contributed by atoms with Crippen LogP contribution in [0.3, 0.4) is 0 Å². The quantitative estimate of drug-likeness (QED) is 0.0340. The fourth-order valence-corrected chi connectivity index (χ4v) is 5.71. The van der Waals surface area contributed by atoms with Crippen molar-refractivity contribution >= 4 is 17.8 Å². The van der Waals surface area contributed by atoms with Gasteiger partial charge >= 0.3 is 11.9 Å². The van der Waals surface area contributed by atoms with Crippen molar-refractivity contribution in [2.75, 3.05) is 6.54 Å². The molecular formula is C43H76N2O5. The highest BCUT2D eigenvalue weighted by Crippen LogP contribution is 2.15. The van der Waals surface area contributed by atoms with Crippen LogP contribution in [0.1, 0.15) is 187 Å². The zero-order chi connectivity index (χ0) is 36.8. The van der Waals surface area contributed by atoms with E-state index in [0.29, 0.717) is 32.2 Å². The number of amides is 1. The molecule has 2 atom stereocenters. The van der Waals surface area contributed by atoms with Gasteiger partial charge in [0.05, 0.1) is 0 Å². The summed E-state index contributed by atoms with van der Waals surface area (Å²) in [5.41, 5.74) is 5.47. The lowest BCUT2D eigenvalue weighted by Crippen LogP contribution is -2.40. The molecule has 0 aliphatic carbocycles. The third-order valence-corrected chi connectivity index (χ3v) is 8.85. The maximum Gasteiger partial charge on any atom is 0.326 e. The summed E-state index contributed by atoms with van der Waals surface area (Å²) in [6, 6.07) is -0.857. The first-order valence-corrected chi connectivity index (χ1v) is 20.5. The maximum atomic E-state index is 12.7. The largest absolute Gasteiger partial charge is 0.480 e. The van der Waals surface area contributed by atoms with Gasteiger partial charge in [0, 0.05) is 12.8 Å². The number of nitrogens with one attached hydrogen (secondary N) is 1. The van der Waals surface area contributed by atoms with Gasteiger partial charge in [0.1, 0.15) is 12.1 Å². The van der Waals surface area contributed by atoms with Gasteiger partial charge in [0.2, 0.25) is 5.91 Å². The van der Waals surface area contributed by atoms with E-state index in [2.05, 4.69) is 67.8 Å². The molecule has 0 rings (SSSR count). The Bertz CT molecular complexity index is 926. The zero-order valence-electron chi connectivity index (χ0n) is 32.2. The van der Waals surface area contributed by atoms with Gasteiger partial charge in [-0.15, -0.1) is 0 Å². The second-order valence-electron chi connectivity index (χ2n) is 13.7. The first-order valence-electron chi connectivity index (χ1n) is 20.5. The number of rotatable bonds is 36. The number of carboxylic acid groups (broad SMARTS) is 1. The lowest BCUT2D eigenvalue weighted by Gasteiger charge is -2.15. The number of hydrogen-bond donors (Lipinski definition) is 3. The van der Waals surface area contributed by atoms with Crippen molar-refractivity contribution in [2.24, 2.45) is 5.73 Å². The second kappa shape index (κ2) is 37.6. The molecule has 0 spiro atoms. The molecule has 0 aromatic carbocycles. The minimum atomic E-state index is -1.01. The maximum absolute atomic E-state index is 12.7. The molecule has 0 bridgehead atoms. The van der Waals surface area contributed by atoms with Crippen molar-refractivity contribution in [3.05, 3.63) is 48.6 Å². The van der Waals surface area contributed by atoms with E-state index in [1.54, 1.807) is 0 Å². The molecule has 4 N–H and O–H groups in total.